The van der Waals surface area contributed by atoms with E-state index in [-0.39, 0.29) is 30.4 Å². The van der Waals surface area contributed by atoms with Gasteiger partial charge in [0.25, 0.3) is 0 Å². The molecule has 47 heavy (non-hydrogen) atoms. The molecule has 0 aliphatic carbocycles. The number of halogens is 9. The fraction of sp³-hybridized carbons (Fsp3) is 0.375. The largest absolute Gasteiger partial charge is 0.481 e. The van der Waals surface area contributed by atoms with Crippen LogP contribution in [0.3, 0.4) is 0 Å². The standard InChI is InChI=1S/C32H31F9N2O4/c33-24-15-23(16-25(17-24)47-32(40,41)28(35)36)30(18-20-8-4-3-5-9-20,43-29(46)42-19-31(37,38)39)22-12-13-26(34)21(14-22)10-6-1-2-7-11-27(44)45/h3-5,8-9,12-17,28H,1-2,6-7,10-11,18-19H2,(H,44,45)(H2,42,43,46)/t30-/m1/s1. The number of rotatable bonds is 16. The van der Waals surface area contributed by atoms with Gasteiger partial charge in [-0.15, -0.1) is 0 Å². The van der Waals surface area contributed by atoms with Gasteiger partial charge in [0.15, 0.2) is 0 Å². The summed E-state index contributed by atoms with van der Waals surface area (Å²) in [7, 11) is 0. The van der Waals surface area contributed by atoms with Crippen LogP contribution >= 0.6 is 0 Å². The van der Waals surface area contributed by atoms with Crippen molar-refractivity contribution in [2.75, 3.05) is 6.54 Å². The average molecular weight is 679 g/mol. The fourth-order valence-electron chi connectivity index (χ4n) is 4.93. The molecule has 15 heteroatoms. The Kier molecular flexibility index (Phi) is 12.5. The smallest absolute Gasteiger partial charge is 0.461 e. The first-order chi connectivity index (χ1) is 22.0. The van der Waals surface area contributed by atoms with Gasteiger partial charge in [0.1, 0.15) is 23.9 Å². The van der Waals surface area contributed by atoms with Gasteiger partial charge < -0.3 is 20.5 Å². The topological polar surface area (TPSA) is 87.7 Å². The molecule has 0 radical (unpaired) electrons. The monoisotopic (exact) mass is 678 g/mol. The summed E-state index contributed by atoms with van der Waals surface area (Å²) in [6.07, 6.45) is -12.7. The number of carboxylic acid groups (broad SMARTS) is 1. The van der Waals surface area contributed by atoms with Gasteiger partial charge in [-0.2, -0.15) is 30.7 Å². The maximum absolute atomic E-state index is 15.0. The van der Waals surface area contributed by atoms with Crippen molar-refractivity contribution in [2.45, 2.75) is 69.2 Å². The molecule has 3 rings (SSSR count). The van der Waals surface area contributed by atoms with Gasteiger partial charge >= 0.3 is 30.7 Å². The van der Waals surface area contributed by atoms with E-state index in [9.17, 15) is 40.3 Å². The number of hydrogen-bond acceptors (Lipinski definition) is 3. The Bertz CT molecular complexity index is 1500. The first-order valence-corrected chi connectivity index (χ1v) is 14.3. The van der Waals surface area contributed by atoms with Gasteiger partial charge in [-0.25, -0.2) is 13.6 Å². The molecule has 0 saturated heterocycles. The number of nitrogens with one attached hydrogen (secondary N) is 2. The fourth-order valence-corrected chi connectivity index (χ4v) is 4.93. The van der Waals surface area contributed by atoms with Crippen LogP contribution in [0.25, 0.3) is 0 Å². The Hall–Kier alpha value is -4.43. The highest BCUT2D eigenvalue weighted by atomic mass is 19.4. The zero-order valence-electron chi connectivity index (χ0n) is 24.7. The van der Waals surface area contributed by atoms with Crippen LogP contribution < -0.4 is 15.4 Å². The van der Waals surface area contributed by atoms with E-state index in [2.05, 4.69) is 10.1 Å². The highest BCUT2D eigenvalue weighted by Crippen LogP contribution is 2.38. The zero-order valence-corrected chi connectivity index (χ0v) is 24.7. The highest BCUT2D eigenvalue weighted by Gasteiger charge is 2.45. The van der Waals surface area contributed by atoms with Gasteiger partial charge in [0.05, 0.1) is 5.54 Å². The summed E-state index contributed by atoms with van der Waals surface area (Å²) in [5, 5.41) is 12.8. The molecule has 0 saturated carbocycles. The molecule has 0 aromatic heterocycles. The molecular formula is C32H31F9N2O4. The second kappa shape index (κ2) is 15.9. The van der Waals surface area contributed by atoms with E-state index in [4.69, 9.17) is 5.11 Å². The molecule has 2 amide bonds. The van der Waals surface area contributed by atoms with Gasteiger partial charge in [-0.3, -0.25) is 4.79 Å². The van der Waals surface area contributed by atoms with Crippen molar-refractivity contribution >= 4 is 12.0 Å². The van der Waals surface area contributed by atoms with Crippen LogP contribution in [-0.2, 0) is 23.2 Å². The van der Waals surface area contributed by atoms with Crippen LogP contribution in [0.2, 0.25) is 0 Å². The maximum atomic E-state index is 15.0. The Balaban J connectivity index is 2.17. The van der Waals surface area contributed by atoms with Crippen molar-refractivity contribution in [3.63, 3.8) is 0 Å². The second-order valence-corrected chi connectivity index (χ2v) is 10.7. The summed E-state index contributed by atoms with van der Waals surface area (Å²) >= 11 is 0. The van der Waals surface area contributed by atoms with Crippen LogP contribution in [-0.4, -0.2) is 42.4 Å². The van der Waals surface area contributed by atoms with Gasteiger partial charge in [0, 0.05) is 18.9 Å². The van der Waals surface area contributed by atoms with Crippen molar-refractivity contribution in [1.82, 2.24) is 10.6 Å². The molecule has 0 bridgehead atoms. The third kappa shape index (κ3) is 11.1. The quantitative estimate of drug-likeness (QED) is 0.106. The predicted octanol–water partition coefficient (Wildman–Crippen LogP) is 8.13. The van der Waals surface area contributed by atoms with E-state index >= 15 is 8.78 Å². The van der Waals surface area contributed by atoms with Crippen LogP contribution in [0.1, 0.15) is 54.4 Å². The zero-order chi connectivity index (χ0) is 34.8. The molecule has 0 aliphatic heterocycles. The number of aliphatic carboxylic acids is 1. The van der Waals surface area contributed by atoms with E-state index in [0.29, 0.717) is 37.3 Å². The summed E-state index contributed by atoms with van der Waals surface area (Å²) in [5.74, 6) is -4.02. The summed E-state index contributed by atoms with van der Waals surface area (Å²) in [5.41, 5.74) is -2.04. The lowest BCUT2D eigenvalue weighted by Crippen LogP contribution is -2.53. The molecule has 256 valence electrons. The first kappa shape index (κ1) is 37.0. The number of alkyl halides is 7. The lowest BCUT2D eigenvalue weighted by Gasteiger charge is -2.37. The number of urea groups is 1. The number of amides is 2. The molecule has 0 heterocycles. The molecular weight excluding hydrogens is 647 g/mol. The number of carbonyl (C=O) groups excluding carboxylic acids is 1. The lowest BCUT2D eigenvalue weighted by atomic mass is 9.77. The van der Waals surface area contributed by atoms with Crippen molar-refractivity contribution in [2.24, 2.45) is 0 Å². The normalized spacial score (nSPS) is 13.2. The summed E-state index contributed by atoms with van der Waals surface area (Å²) in [6.45, 7) is -1.78. The maximum Gasteiger partial charge on any atom is 0.461 e. The van der Waals surface area contributed by atoms with Gasteiger partial charge in [-0.1, -0.05) is 55.3 Å². The Morgan fingerprint density at radius 1 is 0.830 bits per heavy atom. The Labute approximate surface area is 263 Å². The van der Waals surface area contributed by atoms with Crippen LogP contribution in [0, 0.1) is 11.6 Å². The SMILES string of the molecule is O=C(O)CCCCCCc1cc([C@@](Cc2ccccc2)(NC(=O)NCC(F)(F)F)c2cc(F)cc(OC(F)(F)C(F)F)c2)ccc1F. The molecule has 3 aromatic carbocycles. The Morgan fingerprint density at radius 2 is 1.51 bits per heavy atom. The number of hydrogen-bond donors (Lipinski definition) is 3. The van der Waals surface area contributed by atoms with E-state index in [0.717, 1.165) is 24.3 Å². The van der Waals surface area contributed by atoms with E-state index in [1.54, 1.807) is 35.6 Å². The molecule has 6 nitrogen and oxygen atoms in total. The Morgan fingerprint density at radius 3 is 2.15 bits per heavy atom. The number of benzene rings is 3. The number of carbonyl (C=O) groups is 2. The minimum absolute atomic E-state index is 0.0111. The third-order valence-corrected chi connectivity index (χ3v) is 7.09. The van der Waals surface area contributed by atoms with Crippen molar-refractivity contribution < 1.29 is 58.9 Å². The molecule has 0 fully saturated rings. The summed E-state index contributed by atoms with van der Waals surface area (Å²) < 4.78 is 127. The van der Waals surface area contributed by atoms with Crippen molar-refractivity contribution in [1.29, 1.82) is 0 Å². The second-order valence-electron chi connectivity index (χ2n) is 10.7. The number of aryl methyl sites for hydroxylation is 1. The molecule has 0 spiro atoms. The van der Waals surface area contributed by atoms with E-state index < -0.39 is 65.7 Å². The first-order valence-electron chi connectivity index (χ1n) is 14.3. The van der Waals surface area contributed by atoms with Crippen LogP contribution in [0.4, 0.5) is 44.3 Å². The minimum Gasteiger partial charge on any atom is -0.481 e. The molecule has 3 N–H and O–H groups in total. The summed E-state index contributed by atoms with van der Waals surface area (Å²) in [4.78, 5) is 23.8. The minimum atomic E-state index is -5.06. The number of ether oxygens (including phenoxy) is 1. The van der Waals surface area contributed by atoms with Crippen LogP contribution in [0.5, 0.6) is 5.75 Å². The molecule has 0 unspecified atom stereocenters. The van der Waals surface area contributed by atoms with E-state index in [1.165, 1.54) is 6.07 Å². The van der Waals surface area contributed by atoms with Crippen molar-refractivity contribution in [3.8, 4) is 5.75 Å². The highest BCUT2D eigenvalue weighted by molar-refractivity contribution is 5.76. The van der Waals surface area contributed by atoms with Crippen molar-refractivity contribution in [3.05, 3.63) is 101 Å². The lowest BCUT2D eigenvalue weighted by molar-refractivity contribution is -0.253. The molecule has 1 atom stereocenters. The molecule has 3 aromatic rings. The van der Waals surface area contributed by atoms with Crippen LogP contribution in [0.15, 0.2) is 66.7 Å². The average Bonchev–Trinajstić information content (AvgIpc) is 2.97. The number of carboxylic acids is 1. The number of unbranched alkanes of at least 4 members (excludes halogenated alkanes) is 3. The molecule has 0 aliphatic rings. The third-order valence-electron chi connectivity index (χ3n) is 7.09. The predicted molar refractivity (Wildman–Crippen MR) is 152 cm³/mol. The summed E-state index contributed by atoms with van der Waals surface area (Å²) in [6, 6.07) is 11.8. The van der Waals surface area contributed by atoms with Gasteiger partial charge in [0.2, 0.25) is 0 Å². The van der Waals surface area contributed by atoms with Gasteiger partial charge in [-0.05, 0) is 59.7 Å². The van der Waals surface area contributed by atoms with E-state index in [1.807, 2.05) is 0 Å².